The number of carbonyl (C=O) groups excluding carboxylic acids is 1. The second kappa shape index (κ2) is 7.06. The van der Waals surface area contributed by atoms with E-state index in [1.807, 2.05) is 0 Å². The van der Waals surface area contributed by atoms with Crippen LogP contribution in [0.25, 0.3) is 0 Å². The molecular weight excluding hydrogens is 346 g/mol. The van der Waals surface area contributed by atoms with Crippen molar-refractivity contribution < 1.29 is 9.53 Å². The van der Waals surface area contributed by atoms with Crippen molar-refractivity contribution >= 4 is 6.09 Å². The average Bonchev–Trinajstić information content (AvgIpc) is 2.99. The lowest BCUT2D eigenvalue weighted by atomic mass is 9.47. The standard InChI is InChI=1S/C25H41NO2/c1-16-11-13-24(3)18(15-16)7-8-19-21-10-9-20(17(2)28-23(27)26(5)6)25(21,4)14-12-22(19)24/h7,16-17,19-22H,8-15H2,1-6H3/t16-,17-,19-,20+,21-,22-,24-,25+/m0/s1. The number of hydrogen-bond donors (Lipinski definition) is 0. The molecule has 0 N–H and O–H groups in total. The summed E-state index contributed by atoms with van der Waals surface area (Å²) < 4.78 is 5.84. The molecule has 0 radical (unpaired) electrons. The van der Waals surface area contributed by atoms with Crippen LogP contribution < -0.4 is 0 Å². The van der Waals surface area contributed by atoms with Gasteiger partial charge in [-0.25, -0.2) is 4.79 Å². The highest BCUT2D eigenvalue weighted by atomic mass is 16.6. The summed E-state index contributed by atoms with van der Waals surface area (Å²) in [6.45, 7) is 9.69. The second-order valence-electron chi connectivity index (χ2n) is 11.3. The molecule has 4 rings (SSSR count). The molecule has 0 aromatic heterocycles. The van der Waals surface area contributed by atoms with Crippen molar-refractivity contribution in [2.24, 2.45) is 40.4 Å². The monoisotopic (exact) mass is 387 g/mol. The number of fused-ring (bicyclic) bond motifs is 5. The van der Waals surface area contributed by atoms with Gasteiger partial charge in [-0.1, -0.05) is 32.4 Å². The Hall–Kier alpha value is -0.990. The minimum absolute atomic E-state index is 0.0160. The molecule has 3 fully saturated rings. The Morgan fingerprint density at radius 2 is 1.89 bits per heavy atom. The highest BCUT2D eigenvalue weighted by molar-refractivity contribution is 5.67. The predicted molar refractivity (Wildman–Crippen MR) is 114 cm³/mol. The molecule has 28 heavy (non-hydrogen) atoms. The van der Waals surface area contributed by atoms with E-state index < -0.39 is 0 Å². The smallest absolute Gasteiger partial charge is 0.409 e. The molecule has 0 spiro atoms. The lowest BCUT2D eigenvalue weighted by molar-refractivity contribution is -0.0675. The second-order valence-corrected chi connectivity index (χ2v) is 11.3. The van der Waals surface area contributed by atoms with Crippen LogP contribution in [0.1, 0.15) is 79.1 Å². The molecule has 1 amide bonds. The molecule has 0 aromatic rings. The van der Waals surface area contributed by atoms with E-state index in [1.54, 1.807) is 24.6 Å². The first-order valence-electron chi connectivity index (χ1n) is 11.7. The van der Waals surface area contributed by atoms with Gasteiger partial charge in [0.1, 0.15) is 6.10 Å². The van der Waals surface area contributed by atoms with Crippen molar-refractivity contribution in [3.05, 3.63) is 11.6 Å². The van der Waals surface area contributed by atoms with E-state index in [0.717, 1.165) is 23.7 Å². The van der Waals surface area contributed by atoms with E-state index in [4.69, 9.17) is 4.74 Å². The topological polar surface area (TPSA) is 29.5 Å². The minimum Gasteiger partial charge on any atom is -0.446 e. The average molecular weight is 388 g/mol. The number of hydrogen-bond acceptors (Lipinski definition) is 2. The van der Waals surface area contributed by atoms with Gasteiger partial charge in [0, 0.05) is 20.0 Å². The maximum absolute atomic E-state index is 12.1. The molecule has 3 heteroatoms. The lowest BCUT2D eigenvalue weighted by Crippen LogP contribution is -2.51. The molecule has 0 unspecified atom stereocenters. The van der Waals surface area contributed by atoms with Gasteiger partial charge in [-0.15, -0.1) is 0 Å². The van der Waals surface area contributed by atoms with E-state index >= 15 is 0 Å². The SMILES string of the molecule is C[C@H]1CC[C@@]2(C)C(=CC[C@H]3[C@@H]4CC[C@H]([C@H](C)OC(=O)N(C)C)[C@@]4(C)CC[C@@H]32)C1. The molecule has 0 aliphatic heterocycles. The molecule has 0 aromatic carbocycles. The molecule has 0 saturated heterocycles. The molecule has 4 aliphatic rings. The Bertz CT molecular complexity index is 655. The van der Waals surface area contributed by atoms with Crippen LogP contribution in [-0.4, -0.2) is 31.2 Å². The number of nitrogens with zero attached hydrogens (tertiary/aromatic N) is 1. The van der Waals surface area contributed by atoms with Crippen molar-refractivity contribution in [3.63, 3.8) is 0 Å². The van der Waals surface area contributed by atoms with Crippen LogP contribution in [-0.2, 0) is 4.74 Å². The molecule has 8 atom stereocenters. The van der Waals surface area contributed by atoms with Crippen molar-refractivity contribution in [1.82, 2.24) is 4.90 Å². The molecule has 158 valence electrons. The van der Waals surface area contributed by atoms with Gasteiger partial charge in [-0.3, -0.25) is 0 Å². The number of rotatable bonds is 2. The molecule has 0 bridgehead atoms. The van der Waals surface area contributed by atoms with Crippen molar-refractivity contribution in [1.29, 1.82) is 0 Å². The van der Waals surface area contributed by atoms with E-state index in [-0.39, 0.29) is 12.2 Å². The Morgan fingerprint density at radius 1 is 1.14 bits per heavy atom. The van der Waals surface area contributed by atoms with Crippen LogP contribution in [0.3, 0.4) is 0 Å². The maximum atomic E-state index is 12.1. The Balaban J connectivity index is 1.54. The maximum Gasteiger partial charge on any atom is 0.409 e. The van der Waals surface area contributed by atoms with Gasteiger partial charge < -0.3 is 9.64 Å². The van der Waals surface area contributed by atoms with Crippen molar-refractivity contribution in [2.75, 3.05) is 14.1 Å². The number of allylic oxidation sites excluding steroid dienone is 2. The zero-order valence-corrected chi connectivity index (χ0v) is 19.0. The molecule has 4 aliphatic carbocycles. The molecule has 0 heterocycles. The molecule has 3 nitrogen and oxygen atoms in total. The first-order chi connectivity index (χ1) is 13.2. The van der Waals surface area contributed by atoms with E-state index in [1.165, 1.54) is 51.4 Å². The summed E-state index contributed by atoms with van der Waals surface area (Å²) in [5.74, 6) is 3.88. The van der Waals surface area contributed by atoms with Crippen LogP contribution in [0.2, 0.25) is 0 Å². The van der Waals surface area contributed by atoms with Crippen LogP contribution in [0.5, 0.6) is 0 Å². The Labute approximate surface area is 172 Å². The summed E-state index contributed by atoms with van der Waals surface area (Å²) in [6, 6.07) is 0. The Morgan fingerprint density at radius 3 is 2.61 bits per heavy atom. The largest absolute Gasteiger partial charge is 0.446 e. The van der Waals surface area contributed by atoms with E-state index in [9.17, 15) is 4.79 Å². The number of ether oxygens (including phenoxy) is 1. The minimum atomic E-state index is -0.192. The van der Waals surface area contributed by atoms with Gasteiger partial charge in [-0.2, -0.15) is 0 Å². The van der Waals surface area contributed by atoms with Gasteiger partial charge in [0.25, 0.3) is 0 Å². The zero-order chi connectivity index (χ0) is 20.3. The van der Waals surface area contributed by atoms with Crippen molar-refractivity contribution in [3.8, 4) is 0 Å². The van der Waals surface area contributed by atoms with Crippen LogP contribution in [0, 0.1) is 40.4 Å². The Kier molecular flexibility index (Phi) is 5.11. The summed E-state index contributed by atoms with van der Waals surface area (Å²) >= 11 is 0. The highest BCUT2D eigenvalue weighted by Crippen LogP contribution is 2.67. The fourth-order valence-corrected chi connectivity index (χ4v) is 8.00. The third-order valence-electron chi connectivity index (χ3n) is 9.64. The van der Waals surface area contributed by atoms with Crippen LogP contribution in [0.4, 0.5) is 4.79 Å². The fourth-order valence-electron chi connectivity index (χ4n) is 8.00. The van der Waals surface area contributed by atoms with Gasteiger partial charge in [0.15, 0.2) is 0 Å². The summed E-state index contributed by atoms with van der Waals surface area (Å²) in [7, 11) is 3.55. The number of amides is 1. The molecular formula is C25H41NO2. The van der Waals surface area contributed by atoms with E-state index in [0.29, 0.717) is 16.7 Å². The quantitative estimate of drug-likeness (QED) is 0.521. The summed E-state index contributed by atoms with van der Waals surface area (Å²) in [4.78, 5) is 13.7. The van der Waals surface area contributed by atoms with Crippen LogP contribution in [0.15, 0.2) is 11.6 Å². The van der Waals surface area contributed by atoms with Gasteiger partial charge >= 0.3 is 6.09 Å². The third kappa shape index (κ3) is 3.03. The third-order valence-corrected chi connectivity index (χ3v) is 9.64. The summed E-state index contributed by atoms with van der Waals surface area (Å²) in [5, 5.41) is 0. The van der Waals surface area contributed by atoms with Gasteiger partial charge in [0.05, 0.1) is 0 Å². The van der Waals surface area contributed by atoms with Gasteiger partial charge in [0.2, 0.25) is 0 Å². The molecule has 3 saturated carbocycles. The van der Waals surface area contributed by atoms with Gasteiger partial charge in [-0.05, 0) is 92.8 Å². The predicted octanol–water partition coefficient (Wildman–Crippen LogP) is 6.29. The highest BCUT2D eigenvalue weighted by Gasteiger charge is 2.59. The summed E-state index contributed by atoms with van der Waals surface area (Å²) in [5.41, 5.74) is 2.58. The zero-order valence-electron chi connectivity index (χ0n) is 19.0. The summed E-state index contributed by atoms with van der Waals surface area (Å²) in [6.07, 6.45) is 13.1. The van der Waals surface area contributed by atoms with Crippen molar-refractivity contribution in [2.45, 2.75) is 85.2 Å². The lowest BCUT2D eigenvalue weighted by Gasteiger charge is -2.58. The van der Waals surface area contributed by atoms with Crippen LogP contribution >= 0.6 is 0 Å². The first-order valence-corrected chi connectivity index (χ1v) is 11.7. The first kappa shape index (κ1) is 20.3. The fraction of sp³-hybridized carbons (Fsp3) is 0.880. The normalized spacial score (nSPS) is 45.9. The van der Waals surface area contributed by atoms with E-state index in [2.05, 4.69) is 33.8 Å². The number of carbonyl (C=O) groups is 1.